The van der Waals surface area contributed by atoms with Crippen molar-refractivity contribution >= 4 is 33.5 Å². The van der Waals surface area contributed by atoms with Crippen LogP contribution in [0.15, 0.2) is 16.6 Å². The van der Waals surface area contributed by atoms with Crippen LogP contribution < -0.4 is 5.32 Å². The van der Waals surface area contributed by atoms with Crippen LogP contribution in [0.2, 0.25) is 0 Å². The molecule has 1 aliphatic rings. The number of nitrogens with one attached hydrogen (secondary N) is 1. The zero-order valence-corrected chi connectivity index (χ0v) is 9.80. The van der Waals surface area contributed by atoms with Gasteiger partial charge in [0, 0.05) is 10.0 Å². The summed E-state index contributed by atoms with van der Waals surface area (Å²) in [6.07, 6.45) is 0. The van der Waals surface area contributed by atoms with Gasteiger partial charge in [-0.1, -0.05) is 15.9 Å². The van der Waals surface area contributed by atoms with Gasteiger partial charge in [-0.2, -0.15) is 0 Å². The van der Waals surface area contributed by atoms with Gasteiger partial charge < -0.3 is 10.1 Å². The van der Waals surface area contributed by atoms with Crippen molar-refractivity contribution in [1.82, 2.24) is 0 Å². The topological polar surface area (TPSA) is 55.4 Å². The smallest absolute Gasteiger partial charge is 0.322 e. The summed E-state index contributed by atoms with van der Waals surface area (Å²) in [6, 6.07) is 2.66. The van der Waals surface area contributed by atoms with Gasteiger partial charge in [0.25, 0.3) is 0 Å². The summed E-state index contributed by atoms with van der Waals surface area (Å²) >= 11 is 3.18. The average molecular weight is 288 g/mol. The van der Waals surface area contributed by atoms with E-state index in [0.717, 1.165) is 0 Å². The van der Waals surface area contributed by atoms with E-state index in [1.54, 1.807) is 0 Å². The van der Waals surface area contributed by atoms with Crippen LogP contribution in [-0.4, -0.2) is 19.0 Å². The van der Waals surface area contributed by atoms with Crippen molar-refractivity contribution in [2.24, 2.45) is 0 Å². The van der Waals surface area contributed by atoms with Crippen LogP contribution >= 0.6 is 15.9 Å². The lowest BCUT2D eigenvalue weighted by molar-refractivity contribution is -0.144. The Bertz CT molecular complexity index is 489. The zero-order valence-electron chi connectivity index (χ0n) is 8.21. The van der Waals surface area contributed by atoms with Gasteiger partial charge in [-0.3, -0.25) is 9.59 Å². The second kappa shape index (κ2) is 3.86. The van der Waals surface area contributed by atoms with Crippen LogP contribution in [-0.2, 0) is 14.3 Å². The number of amides is 1. The predicted octanol–water partition coefficient (Wildman–Crippen LogP) is 1.80. The Morgan fingerprint density at radius 3 is 2.88 bits per heavy atom. The molecule has 84 valence electrons. The number of hydrogen-bond acceptors (Lipinski definition) is 3. The Kier molecular flexibility index (Phi) is 2.67. The van der Waals surface area contributed by atoms with Gasteiger partial charge in [-0.15, -0.1) is 0 Å². The van der Waals surface area contributed by atoms with E-state index in [1.807, 2.05) is 0 Å². The van der Waals surface area contributed by atoms with Gasteiger partial charge in [0.15, 0.2) is 5.92 Å². The van der Waals surface area contributed by atoms with Crippen molar-refractivity contribution in [3.63, 3.8) is 0 Å². The van der Waals surface area contributed by atoms with E-state index in [-0.39, 0.29) is 11.3 Å². The molecular formula is C10H7BrFNO3. The van der Waals surface area contributed by atoms with Gasteiger partial charge in [0.2, 0.25) is 5.91 Å². The highest BCUT2D eigenvalue weighted by molar-refractivity contribution is 9.10. The fourth-order valence-electron chi connectivity index (χ4n) is 1.65. The van der Waals surface area contributed by atoms with Crippen LogP contribution in [0.1, 0.15) is 11.5 Å². The summed E-state index contributed by atoms with van der Waals surface area (Å²) < 4.78 is 18.4. The molecule has 1 aromatic rings. The number of halogens is 2. The monoisotopic (exact) mass is 287 g/mol. The Labute approximate surface area is 98.9 Å². The van der Waals surface area contributed by atoms with Crippen molar-refractivity contribution in [3.05, 3.63) is 28.0 Å². The van der Waals surface area contributed by atoms with Gasteiger partial charge in [0.1, 0.15) is 5.82 Å². The maximum atomic E-state index is 13.4. The zero-order chi connectivity index (χ0) is 11.9. The second-order valence-corrected chi connectivity index (χ2v) is 4.12. The first-order chi connectivity index (χ1) is 7.56. The van der Waals surface area contributed by atoms with E-state index in [1.165, 1.54) is 19.2 Å². The number of esters is 1. The van der Waals surface area contributed by atoms with Crippen LogP contribution in [0.25, 0.3) is 0 Å². The third kappa shape index (κ3) is 1.49. The molecule has 1 unspecified atom stereocenters. The minimum Gasteiger partial charge on any atom is -0.468 e. The number of fused-ring (bicyclic) bond motifs is 1. The molecule has 16 heavy (non-hydrogen) atoms. The average Bonchev–Trinajstić information content (AvgIpc) is 2.61. The quantitative estimate of drug-likeness (QED) is 0.633. The minimum atomic E-state index is -1.11. The van der Waals surface area contributed by atoms with Gasteiger partial charge in [-0.05, 0) is 12.1 Å². The van der Waals surface area contributed by atoms with E-state index in [0.29, 0.717) is 4.47 Å². The molecular weight excluding hydrogens is 281 g/mol. The van der Waals surface area contributed by atoms with Gasteiger partial charge >= 0.3 is 5.97 Å². The summed E-state index contributed by atoms with van der Waals surface area (Å²) in [5.41, 5.74) is 0.326. The van der Waals surface area contributed by atoms with Crippen molar-refractivity contribution in [2.75, 3.05) is 12.4 Å². The number of carbonyl (C=O) groups is 2. The summed E-state index contributed by atoms with van der Waals surface area (Å²) in [5, 5.41) is 2.33. The molecule has 0 aliphatic carbocycles. The number of carbonyl (C=O) groups excluding carboxylic acids is 2. The fourth-order valence-corrected chi connectivity index (χ4v) is 2.21. The number of hydrogen-bond donors (Lipinski definition) is 1. The third-order valence-corrected chi connectivity index (χ3v) is 3.07. The van der Waals surface area contributed by atoms with Crippen LogP contribution in [0.3, 0.4) is 0 Å². The minimum absolute atomic E-state index is 0.0368. The molecule has 2 rings (SSSR count). The van der Waals surface area contributed by atoms with E-state index in [4.69, 9.17) is 0 Å². The molecule has 1 heterocycles. The molecule has 0 saturated heterocycles. The molecule has 1 N–H and O–H groups in total. The Morgan fingerprint density at radius 2 is 2.25 bits per heavy atom. The summed E-state index contributed by atoms with van der Waals surface area (Å²) in [7, 11) is 1.18. The summed E-state index contributed by atoms with van der Waals surface area (Å²) in [6.45, 7) is 0. The van der Waals surface area contributed by atoms with E-state index in [2.05, 4.69) is 26.0 Å². The molecule has 6 heteroatoms. The highest BCUT2D eigenvalue weighted by Gasteiger charge is 2.40. The van der Waals surface area contributed by atoms with E-state index < -0.39 is 23.6 Å². The Hall–Kier alpha value is -1.43. The lowest BCUT2D eigenvalue weighted by atomic mass is 10.0. The Morgan fingerprint density at radius 1 is 1.56 bits per heavy atom. The van der Waals surface area contributed by atoms with Crippen molar-refractivity contribution in [2.45, 2.75) is 5.92 Å². The highest BCUT2D eigenvalue weighted by atomic mass is 79.9. The van der Waals surface area contributed by atoms with Crippen LogP contribution in [0.4, 0.5) is 10.1 Å². The number of methoxy groups -OCH3 is 1. The fraction of sp³-hybridized carbons (Fsp3) is 0.200. The first kappa shape index (κ1) is 11.1. The maximum Gasteiger partial charge on any atom is 0.322 e. The molecule has 1 amide bonds. The molecule has 0 aromatic heterocycles. The predicted molar refractivity (Wildman–Crippen MR) is 57.5 cm³/mol. The summed E-state index contributed by atoms with van der Waals surface area (Å²) in [5.74, 6) is -2.96. The first-order valence-corrected chi connectivity index (χ1v) is 5.22. The van der Waals surface area contributed by atoms with Crippen LogP contribution in [0.5, 0.6) is 0 Å². The number of benzene rings is 1. The molecule has 0 fully saturated rings. The molecule has 0 spiro atoms. The molecule has 1 aromatic carbocycles. The van der Waals surface area contributed by atoms with E-state index >= 15 is 0 Å². The SMILES string of the molecule is COC(=O)C1C(=O)Nc2c(F)ccc(Br)c21. The van der Waals surface area contributed by atoms with Crippen molar-refractivity contribution in [1.29, 1.82) is 0 Å². The number of rotatable bonds is 1. The third-order valence-electron chi connectivity index (χ3n) is 2.38. The van der Waals surface area contributed by atoms with Gasteiger partial charge in [0.05, 0.1) is 12.8 Å². The van der Waals surface area contributed by atoms with Crippen molar-refractivity contribution in [3.8, 4) is 0 Å². The molecule has 4 nitrogen and oxygen atoms in total. The number of ether oxygens (including phenoxy) is 1. The lowest BCUT2D eigenvalue weighted by Gasteiger charge is -2.07. The summed E-state index contributed by atoms with van der Waals surface area (Å²) in [4.78, 5) is 23.0. The Balaban J connectivity index is 2.60. The maximum absolute atomic E-state index is 13.4. The molecule has 0 saturated carbocycles. The van der Waals surface area contributed by atoms with Crippen LogP contribution in [0, 0.1) is 5.82 Å². The molecule has 0 bridgehead atoms. The largest absolute Gasteiger partial charge is 0.468 e. The van der Waals surface area contributed by atoms with Gasteiger partial charge in [-0.25, -0.2) is 4.39 Å². The lowest BCUT2D eigenvalue weighted by Crippen LogP contribution is -2.22. The first-order valence-electron chi connectivity index (χ1n) is 4.43. The molecule has 0 radical (unpaired) electrons. The highest BCUT2D eigenvalue weighted by Crippen LogP contribution is 2.40. The standard InChI is InChI=1S/C10H7BrFNO3/c1-16-10(15)7-6-4(11)2-3-5(12)8(6)13-9(7)14/h2-3,7H,1H3,(H,13,14). The normalized spacial score (nSPS) is 17.9. The number of anilines is 1. The van der Waals surface area contributed by atoms with E-state index in [9.17, 15) is 14.0 Å². The molecule has 1 aliphatic heterocycles. The molecule has 1 atom stereocenters. The van der Waals surface area contributed by atoms with Crippen molar-refractivity contribution < 1.29 is 18.7 Å². The second-order valence-electron chi connectivity index (χ2n) is 3.26.